The molecule has 0 saturated heterocycles. The molecule has 0 aliphatic heterocycles. The second kappa shape index (κ2) is 8.99. The standard InChI is InChI=1S/C20H24O3/c1-2-3-4-5-8-15-23-19-10-7-6-9-18(19)16-11-13-17(14-12-16)20(21)22/h6-7,9-14H,2-5,8,15H2,1H3,(H,21,22). The molecule has 2 rings (SSSR count). The number of carbonyl (C=O) groups is 1. The molecule has 1 N–H and O–H groups in total. The van der Waals surface area contributed by atoms with Crippen molar-refractivity contribution in [2.45, 2.75) is 39.0 Å². The molecule has 0 saturated carbocycles. The SMILES string of the molecule is CCCCCCCOc1ccccc1-c1ccc(C(=O)O)cc1. The van der Waals surface area contributed by atoms with Gasteiger partial charge in [-0.1, -0.05) is 62.9 Å². The van der Waals surface area contributed by atoms with E-state index in [0.29, 0.717) is 12.2 Å². The summed E-state index contributed by atoms with van der Waals surface area (Å²) in [6, 6.07) is 14.8. The summed E-state index contributed by atoms with van der Waals surface area (Å²) < 4.78 is 5.93. The Labute approximate surface area is 137 Å². The maximum atomic E-state index is 10.9. The summed E-state index contributed by atoms with van der Waals surface area (Å²) in [6.07, 6.45) is 6.05. The van der Waals surface area contributed by atoms with Gasteiger partial charge in [0.05, 0.1) is 12.2 Å². The fourth-order valence-corrected chi connectivity index (χ4v) is 2.51. The number of carboxylic acids is 1. The molecule has 0 bridgehead atoms. The van der Waals surface area contributed by atoms with Crippen molar-refractivity contribution in [2.75, 3.05) is 6.61 Å². The van der Waals surface area contributed by atoms with Crippen molar-refractivity contribution in [3.8, 4) is 16.9 Å². The van der Waals surface area contributed by atoms with E-state index in [2.05, 4.69) is 6.92 Å². The first kappa shape index (κ1) is 17.1. The van der Waals surface area contributed by atoms with Gasteiger partial charge < -0.3 is 9.84 Å². The Balaban J connectivity index is 2.01. The first-order chi connectivity index (χ1) is 11.2. The zero-order valence-electron chi connectivity index (χ0n) is 13.6. The van der Waals surface area contributed by atoms with E-state index in [1.54, 1.807) is 12.1 Å². The number of unbranched alkanes of at least 4 members (excludes halogenated alkanes) is 4. The van der Waals surface area contributed by atoms with E-state index in [9.17, 15) is 4.79 Å². The molecule has 0 atom stereocenters. The smallest absolute Gasteiger partial charge is 0.335 e. The first-order valence-corrected chi connectivity index (χ1v) is 8.28. The van der Waals surface area contributed by atoms with Crippen molar-refractivity contribution < 1.29 is 14.6 Å². The molecule has 0 spiro atoms. The van der Waals surface area contributed by atoms with E-state index in [1.807, 2.05) is 36.4 Å². The molecule has 2 aromatic carbocycles. The van der Waals surface area contributed by atoms with Gasteiger partial charge in [0, 0.05) is 5.56 Å². The van der Waals surface area contributed by atoms with Gasteiger partial charge in [0.2, 0.25) is 0 Å². The molecule has 122 valence electrons. The third kappa shape index (κ3) is 5.13. The molecule has 3 heteroatoms. The topological polar surface area (TPSA) is 46.5 Å². The average Bonchev–Trinajstić information content (AvgIpc) is 2.58. The monoisotopic (exact) mass is 312 g/mol. The molecule has 3 nitrogen and oxygen atoms in total. The molecule has 0 unspecified atom stereocenters. The van der Waals surface area contributed by atoms with Crippen LogP contribution in [0.4, 0.5) is 0 Å². The number of aromatic carboxylic acids is 1. The van der Waals surface area contributed by atoms with Gasteiger partial charge in [-0.25, -0.2) is 4.79 Å². The van der Waals surface area contributed by atoms with Crippen LogP contribution in [0.15, 0.2) is 48.5 Å². The minimum absolute atomic E-state index is 0.295. The lowest BCUT2D eigenvalue weighted by Crippen LogP contribution is -1.99. The number of benzene rings is 2. The molecule has 23 heavy (non-hydrogen) atoms. The van der Waals surface area contributed by atoms with E-state index < -0.39 is 5.97 Å². The van der Waals surface area contributed by atoms with Crippen molar-refractivity contribution in [3.05, 3.63) is 54.1 Å². The third-order valence-corrected chi connectivity index (χ3v) is 3.84. The quantitative estimate of drug-likeness (QED) is 0.630. The molecule has 0 radical (unpaired) electrons. The molecule has 0 heterocycles. The molecular formula is C20H24O3. The van der Waals surface area contributed by atoms with Crippen molar-refractivity contribution in [1.82, 2.24) is 0 Å². The van der Waals surface area contributed by atoms with Crippen molar-refractivity contribution in [2.24, 2.45) is 0 Å². The van der Waals surface area contributed by atoms with E-state index in [-0.39, 0.29) is 0 Å². The Morgan fingerprint density at radius 3 is 2.35 bits per heavy atom. The van der Waals surface area contributed by atoms with Gasteiger partial charge >= 0.3 is 5.97 Å². The van der Waals surface area contributed by atoms with E-state index in [0.717, 1.165) is 23.3 Å². The normalized spacial score (nSPS) is 10.5. The fourth-order valence-electron chi connectivity index (χ4n) is 2.51. The number of carboxylic acid groups (broad SMARTS) is 1. The van der Waals surface area contributed by atoms with Crippen LogP contribution in [0.3, 0.4) is 0 Å². The number of ether oxygens (including phenoxy) is 1. The summed E-state index contributed by atoms with van der Waals surface area (Å²) >= 11 is 0. The molecule has 0 aliphatic carbocycles. The minimum Gasteiger partial charge on any atom is -0.493 e. The lowest BCUT2D eigenvalue weighted by atomic mass is 10.0. The van der Waals surface area contributed by atoms with Crippen LogP contribution in [-0.2, 0) is 0 Å². The summed E-state index contributed by atoms with van der Waals surface area (Å²) in [5.74, 6) is -0.0563. The van der Waals surface area contributed by atoms with Gasteiger partial charge in [0.15, 0.2) is 0 Å². The minimum atomic E-state index is -0.909. The summed E-state index contributed by atoms with van der Waals surface area (Å²) in [6.45, 7) is 2.93. The maximum absolute atomic E-state index is 10.9. The van der Waals surface area contributed by atoms with Gasteiger partial charge in [-0.15, -0.1) is 0 Å². The summed E-state index contributed by atoms with van der Waals surface area (Å²) in [4.78, 5) is 10.9. The number of para-hydroxylation sites is 1. The van der Waals surface area contributed by atoms with Crippen LogP contribution in [0, 0.1) is 0 Å². The predicted molar refractivity (Wildman–Crippen MR) is 93.1 cm³/mol. The largest absolute Gasteiger partial charge is 0.493 e. The average molecular weight is 312 g/mol. The van der Waals surface area contributed by atoms with Crippen LogP contribution >= 0.6 is 0 Å². The summed E-state index contributed by atoms with van der Waals surface area (Å²) in [7, 11) is 0. The van der Waals surface area contributed by atoms with Gasteiger partial charge in [0.25, 0.3) is 0 Å². The van der Waals surface area contributed by atoms with Gasteiger partial charge in [-0.3, -0.25) is 0 Å². The van der Waals surface area contributed by atoms with Crippen LogP contribution in [0.5, 0.6) is 5.75 Å². The Bertz CT molecular complexity index is 617. The predicted octanol–water partition coefficient (Wildman–Crippen LogP) is 5.40. The van der Waals surface area contributed by atoms with Crippen molar-refractivity contribution >= 4 is 5.97 Å². The van der Waals surface area contributed by atoms with Gasteiger partial charge in [-0.05, 0) is 30.2 Å². The Morgan fingerprint density at radius 2 is 1.65 bits per heavy atom. The highest BCUT2D eigenvalue weighted by Crippen LogP contribution is 2.30. The van der Waals surface area contributed by atoms with Crippen molar-refractivity contribution in [3.63, 3.8) is 0 Å². The van der Waals surface area contributed by atoms with Crippen molar-refractivity contribution in [1.29, 1.82) is 0 Å². The number of rotatable bonds is 9. The fraction of sp³-hybridized carbons (Fsp3) is 0.350. The molecular weight excluding hydrogens is 288 g/mol. The van der Waals surface area contributed by atoms with Gasteiger partial charge in [-0.2, -0.15) is 0 Å². The zero-order valence-corrected chi connectivity index (χ0v) is 13.6. The highest BCUT2D eigenvalue weighted by atomic mass is 16.5. The first-order valence-electron chi connectivity index (χ1n) is 8.28. The Hall–Kier alpha value is -2.29. The Kier molecular flexibility index (Phi) is 6.67. The molecule has 0 aromatic heterocycles. The van der Waals surface area contributed by atoms with Crippen LogP contribution in [0.1, 0.15) is 49.4 Å². The zero-order chi connectivity index (χ0) is 16.5. The number of hydrogen-bond acceptors (Lipinski definition) is 2. The number of hydrogen-bond donors (Lipinski definition) is 1. The van der Waals surface area contributed by atoms with Crippen LogP contribution in [-0.4, -0.2) is 17.7 Å². The van der Waals surface area contributed by atoms with E-state index in [4.69, 9.17) is 9.84 Å². The van der Waals surface area contributed by atoms with Crippen LogP contribution in [0.2, 0.25) is 0 Å². The Morgan fingerprint density at radius 1 is 0.957 bits per heavy atom. The molecule has 0 aliphatic rings. The highest BCUT2D eigenvalue weighted by Gasteiger charge is 2.07. The van der Waals surface area contributed by atoms with Crippen LogP contribution < -0.4 is 4.74 Å². The second-order valence-electron chi connectivity index (χ2n) is 5.64. The molecule has 2 aromatic rings. The molecule has 0 fully saturated rings. The summed E-state index contributed by atoms with van der Waals surface area (Å²) in [5.41, 5.74) is 2.26. The van der Waals surface area contributed by atoms with E-state index in [1.165, 1.54) is 25.7 Å². The third-order valence-electron chi connectivity index (χ3n) is 3.84. The van der Waals surface area contributed by atoms with Gasteiger partial charge in [0.1, 0.15) is 5.75 Å². The highest BCUT2D eigenvalue weighted by molar-refractivity contribution is 5.88. The molecule has 0 amide bonds. The lowest BCUT2D eigenvalue weighted by Gasteiger charge is -2.12. The lowest BCUT2D eigenvalue weighted by molar-refractivity contribution is 0.0697. The van der Waals surface area contributed by atoms with E-state index >= 15 is 0 Å². The summed E-state index contributed by atoms with van der Waals surface area (Å²) in [5, 5.41) is 8.98. The second-order valence-corrected chi connectivity index (χ2v) is 5.64. The maximum Gasteiger partial charge on any atom is 0.335 e. The van der Waals surface area contributed by atoms with Crippen LogP contribution in [0.25, 0.3) is 11.1 Å².